The lowest BCUT2D eigenvalue weighted by Crippen LogP contribution is -2.37. The zero-order chi connectivity index (χ0) is 35.2. The lowest BCUT2D eigenvalue weighted by Gasteiger charge is -2.29. The fourth-order valence-electron chi connectivity index (χ4n) is 6.70. The van der Waals surface area contributed by atoms with Crippen molar-refractivity contribution in [3.8, 4) is 11.5 Å². The number of anilines is 1. The van der Waals surface area contributed by atoms with Gasteiger partial charge >= 0.3 is 5.97 Å². The van der Waals surface area contributed by atoms with Crippen molar-refractivity contribution in [1.82, 2.24) is 15.2 Å². The Morgan fingerprint density at radius 3 is 2.76 bits per heavy atom. The van der Waals surface area contributed by atoms with E-state index in [9.17, 15) is 19.8 Å². The van der Waals surface area contributed by atoms with E-state index in [2.05, 4.69) is 15.3 Å². The molecular weight excluding hydrogens is 665 g/mol. The highest BCUT2D eigenvalue weighted by molar-refractivity contribution is 8.76. The lowest BCUT2D eigenvalue weighted by molar-refractivity contribution is -0.148. The number of nitrogens with one attached hydrogen (secondary N) is 1. The van der Waals surface area contributed by atoms with Crippen LogP contribution in [0.1, 0.15) is 81.4 Å². The second kappa shape index (κ2) is 19.1. The molecule has 0 saturated carbocycles. The molecule has 0 aliphatic carbocycles. The molecule has 2 aliphatic heterocycles. The molecule has 3 atom stereocenters. The number of rotatable bonds is 4. The van der Waals surface area contributed by atoms with Crippen molar-refractivity contribution in [2.24, 2.45) is 16.1 Å². The normalized spacial score (nSPS) is 24.0. The van der Waals surface area contributed by atoms with E-state index >= 15 is 0 Å². The molecule has 2 aromatic rings. The maximum absolute atomic E-state index is 13.6. The van der Waals surface area contributed by atoms with E-state index in [1.165, 1.54) is 14.0 Å². The van der Waals surface area contributed by atoms with Gasteiger partial charge in [0.05, 0.1) is 19.1 Å². The van der Waals surface area contributed by atoms with Gasteiger partial charge < -0.3 is 41.4 Å². The number of fused-ring (bicyclic) bond motifs is 4. The molecule has 1 aromatic heterocycles. The number of aliphatic imine (C=N–C) groups is 1. The van der Waals surface area contributed by atoms with Crippen molar-refractivity contribution in [3.05, 3.63) is 47.2 Å². The molecule has 4 rings (SSSR count). The Morgan fingerprint density at radius 1 is 1.16 bits per heavy atom. The van der Waals surface area contributed by atoms with Crippen molar-refractivity contribution in [3.63, 3.8) is 0 Å². The van der Waals surface area contributed by atoms with Gasteiger partial charge in [0.2, 0.25) is 5.91 Å². The van der Waals surface area contributed by atoms with Crippen molar-refractivity contribution < 1.29 is 29.3 Å². The molecule has 1 fully saturated rings. The minimum absolute atomic E-state index is 0.0119. The highest BCUT2D eigenvalue weighted by Crippen LogP contribution is 2.41. The second-order valence-electron chi connectivity index (χ2n) is 13.1. The van der Waals surface area contributed by atoms with Gasteiger partial charge in [-0.25, -0.2) is 9.98 Å². The molecule has 0 radical (unpaired) electrons. The molecule has 2 aliphatic rings. The fourth-order valence-corrected chi connectivity index (χ4v) is 8.49. The smallest absolute Gasteiger partial charge is 0.302 e. The van der Waals surface area contributed by atoms with Crippen molar-refractivity contribution in [1.29, 1.82) is 0 Å². The number of aromatic nitrogens is 1. The maximum Gasteiger partial charge on any atom is 0.302 e. The first-order chi connectivity index (χ1) is 23.6. The minimum Gasteiger partial charge on any atom is -0.504 e. The summed E-state index contributed by atoms with van der Waals surface area (Å²) in [6, 6.07) is 7.43. The standard InChI is InChI=1S/C35H52N6O6S2/c1-24(42)47-29-9-8-25-15-27(33(45)30(16-25)46-2)21-41-22-35(20-32(41)44,19-26-10-12-38-31(36)17-26)11-13-39-34(37)40-23-49-48-14-6-4-3-5-7-28(43)18-29/h10,12,15-17,28-29,43,45H,3-9,11,13-14,18-23H2,1-2H3,(H2,36,38)(H3,37,39,40)/t28-,29+,35-/m0/s1. The van der Waals surface area contributed by atoms with Crippen LogP contribution in [0.5, 0.6) is 11.5 Å². The summed E-state index contributed by atoms with van der Waals surface area (Å²) in [6.07, 6.45) is 8.41. The van der Waals surface area contributed by atoms with Crippen LogP contribution in [-0.4, -0.2) is 82.0 Å². The van der Waals surface area contributed by atoms with E-state index in [0.717, 1.165) is 42.6 Å². The van der Waals surface area contributed by atoms with Gasteiger partial charge in [0.15, 0.2) is 17.5 Å². The first-order valence-electron chi connectivity index (χ1n) is 17.1. The molecule has 0 spiro atoms. The molecule has 3 heterocycles. The van der Waals surface area contributed by atoms with E-state index in [0.29, 0.717) is 87.0 Å². The third-order valence-electron chi connectivity index (χ3n) is 9.09. The van der Waals surface area contributed by atoms with E-state index < -0.39 is 17.6 Å². The number of phenols is 1. The predicted octanol–water partition coefficient (Wildman–Crippen LogP) is 4.55. The number of nitrogens with zero attached hydrogens (tertiary/aromatic N) is 3. The zero-order valence-corrected chi connectivity index (χ0v) is 30.3. The summed E-state index contributed by atoms with van der Waals surface area (Å²) in [6.45, 7) is 2.60. The number of benzene rings is 1. The minimum atomic E-state index is -0.570. The van der Waals surface area contributed by atoms with Gasteiger partial charge in [-0.15, -0.1) is 0 Å². The first-order valence-corrected chi connectivity index (χ1v) is 19.5. The number of aromatic hydroxyl groups is 1. The van der Waals surface area contributed by atoms with Gasteiger partial charge in [-0.1, -0.05) is 46.9 Å². The average molecular weight is 717 g/mol. The third-order valence-corrected chi connectivity index (χ3v) is 11.3. The first kappa shape index (κ1) is 38.4. The Hall–Kier alpha value is -3.36. The number of phenolic OH excluding ortho intramolecular Hbond substituents is 1. The van der Waals surface area contributed by atoms with Gasteiger partial charge in [-0.3, -0.25) is 9.59 Å². The van der Waals surface area contributed by atoms with Crippen LogP contribution in [0.3, 0.4) is 0 Å². The highest BCUT2D eigenvalue weighted by Gasteiger charge is 2.43. The molecule has 12 nitrogen and oxygen atoms in total. The molecule has 14 heteroatoms. The van der Waals surface area contributed by atoms with Gasteiger partial charge in [-0.2, -0.15) is 0 Å². The monoisotopic (exact) mass is 716 g/mol. The quantitative estimate of drug-likeness (QED) is 0.220. The predicted molar refractivity (Wildman–Crippen MR) is 196 cm³/mol. The lowest BCUT2D eigenvalue weighted by atomic mass is 9.78. The molecule has 270 valence electrons. The Bertz CT molecular complexity index is 1430. The van der Waals surface area contributed by atoms with Gasteiger partial charge in [0, 0.05) is 62.3 Å². The number of hydrogen-bond acceptors (Lipinski definition) is 13. The summed E-state index contributed by atoms with van der Waals surface area (Å²) in [4.78, 5) is 35.9. The maximum atomic E-state index is 13.6. The fraction of sp³-hybridized carbons (Fsp3) is 0.600. The molecule has 7 N–H and O–H groups in total. The largest absolute Gasteiger partial charge is 0.504 e. The average Bonchev–Trinajstić information content (AvgIpc) is 3.34. The molecule has 4 bridgehead atoms. The van der Waals surface area contributed by atoms with Crippen LogP contribution in [0.2, 0.25) is 0 Å². The number of aliphatic hydroxyl groups excluding tert-OH is 1. The van der Waals surface area contributed by atoms with Gasteiger partial charge in [0.25, 0.3) is 0 Å². The Balaban J connectivity index is 1.58. The highest BCUT2D eigenvalue weighted by atomic mass is 33.1. The van der Waals surface area contributed by atoms with Crippen LogP contribution in [0.4, 0.5) is 5.82 Å². The number of hydrogen-bond donors (Lipinski definition) is 5. The van der Waals surface area contributed by atoms with Gasteiger partial charge in [-0.05, 0) is 67.9 Å². The number of pyridine rings is 1. The van der Waals surface area contributed by atoms with Crippen LogP contribution >= 0.6 is 21.6 Å². The van der Waals surface area contributed by atoms with Gasteiger partial charge in [0.1, 0.15) is 11.9 Å². The number of carbonyl (C=O) groups is 2. The molecule has 1 saturated heterocycles. The topological polar surface area (TPSA) is 186 Å². The van der Waals surface area contributed by atoms with Crippen LogP contribution in [0, 0.1) is 5.41 Å². The number of ether oxygens (including phenoxy) is 2. The molecule has 0 unspecified atom stereocenters. The van der Waals surface area contributed by atoms with Crippen molar-refractivity contribution >= 4 is 45.2 Å². The van der Waals surface area contributed by atoms with Crippen LogP contribution in [-0.2, 0) is 33.7 Å². The number of aryl methyl sites for hydroxylation is 1. The molecule has 49 heavy (non-hydrogen) atoms. The summed E-state index contributed by atoms with van der Waals surface area (Å²) < 4.78 is 11.1. The van der Waals surface area contributed by atoms with Crippen LogP contribution in [0.25, 0.3) is 0 Å². The van der Waals surface area contributed by atoms with E-state index in [1.807, 2.05) is 18.2 Å². The second-order valence-corrected chi connectivity index (χ2v) is 15.7. The zero-order valence-electron chi connectivity index (χ0n) is 28.7. The number of carbonyl (C=O) groups excluding carboxylic acids is 2. The Labute approximate surface area is 297 Å². The summed E-state index contributed by atoms with van der Waals surface area (Å²) >= 11 is 0. The Morgan fingerprint density at radius 2 is 1.98 bits per heavy atom. The number of amides is 1. The summed E-state index contributed by atoms with van der Waals surface area (Å²) in [7, 11) is 4.94. The van der Waals surface area contributed by atoms with Crippen molar-refractivity contribution in [2.75, 3.05) is 37.6 Å². The van der Waals surface area contributed by atoms with E-state index in [-0.39, 0.29) is 24.2 Å². The van der Waals surface area contributed by atoms with Crippen LogP contribution in [0.15, 0.2) is 35.5 Å². The summed E-state index contributed by atoms with van der Waals surface area (Å²) in [5.41, 5.74) is 14.2. The molecular formula is C35H52N6O6S2. The van der Waals surface area contributed by atoms with E-state index in [4.69, 9.17) is 20.9 Å². The summed E-state index contributed by atoms with van der Waals surface area (Å²) in [5, 5.41) is 25.2. The number of nitrogen functional groups attached to an aromatic ring is 1. The molecule has 1 aromatic carbocycles. The number of guanidine groups is 1. The number of aliphatic hydroxyl groups is 1. The third kappa shape index (κ3) is 12.5. The van der Waals surface area contributed by atoms with E-state index in [1.54, 1.807) is 38.8 Å². The van der Waals surface area contributed by atoms with Crippen LogP contribution < -0.4 is 21.5 Å². The number of esters is 1. The Kier molecular flexibility index (Phi) is 15.0. The van der Waals surface area contributed by atoms with Crippen molar-refractivity contribution in [2.45, 2.75) is 96.3 Å². The number of nitrogens with two attached hydrogens (primary N) is 2. The number of methoxy groups -OCH3 is 1. The summed E-state index contributed by atoms with van der Waals surface area (Å²) in [5.74, 6) is 2.26. The SMILES string of the molecule is COc1cc2cc(c1O)CN1C[C@](Cc3ccnc(N)c3)(CCNC(N)=NCSSCCCCCC[C@H](O)C[C@H](OC(C)=O)CC2)CC1=O. The molecule has 1 amide bonds.